The van der Waals surface area contributed by atoms with Gasteiger partial charge in [0.2, 0.25) is 11.8 Å². The number of carbonyl (C=O) groups excluding carboxylic acids is 2. The maximum absolute atomic E-state index is 10.9. The van der Waals surface area contributed by atoms with Crippen LogP contribution in [0, 0.1) is 0 Å². The number of piperazine rings is 1. The predicted octanol–water partition coefficient (Wildman–Crippen LogP) is -2.74. The molecule has 1 saturated heterocycles. The van der Waals surface area contributed by atoms with Gasteiger partial charge in [-0.2, -0.15) is 0 Å². The molecule has 1 heterocycles. The first kappa shape index (κ1) is 10.1. The molecule has 0 radical (unpaired) electrons. The minimum absolute atomic E-state index is 0.131. The molecule has 0 aromatic heterocycles. The maximum atomic E-state index is 10.9. The summed E-state index contributed by atoms with van der Waals surface area (Å²) >= 11 is 0. The van der Waals surface area contributed by atoms with Gasteiger partial charge in [-0.25, -0.2) is 0 Å². The van der Waals surface area contributed by atoms with Gasteiger partial charge in [-0.05, 0) is 0 Å². The number of nitrogens with zero attached hydrogens (tertiary/aromatic N) is 1. The van der Waals surface area contributed by atoms with E-state index in [-0.39, 0.29) is 38.0 Å². The number of amides is 2. The molecule has 1 rings (SSSR count). The lowest BCUT2D eigenvalue weighted by Gasteiger charge is -2.26. The van der Waals surface area contributed by atoms with Gasteiger partial charge in [0.1, 0.15) is 0 Å². The zero-order chi connectivity index (χ0) is 9.84. The maximum Gasteiger partial charge on any atom is 0.240 e. The quantitative estimate of drug-likeness (QED) is 0.417. The second kappa shape index (κ2) is 4.31. The molecule has 4 N–H and O–H groups in total. The fraction of sp³-hybridized carbons (Fsp3) is 0.714. The van der Waals surface area contributed by atoms with Crippen molar-refractivity contribution in [1.29, 1.82) is 0 Å². The largest absolute Gasteiger partial charge is 0.390 e. The summed E-state index contributed by atoms with van der Waals surface area (Å²) in [5.41, 5.74) is 5.20. The lowest BCUT2D eigenvalue weighted by molar-refractivity contribution is -0.136. The zero-order valence-corrected chi connectivity index (χ0v) is 7.19. The minimum atomic E-state index is -0.682. The first-order chi connectivity index (χ1) is 6.11. The number of rotatable bonds is 3. The van der Waals surface area contributed by atoms with E-state index in [9.17, 15) is 14.7 Å². The number of aliphatic hydroxyl groups excluding tert-OH is 1. The van der Waals surface area contributed by atoms with Crippen molar-refractivity contribution in [3.05, 3.63) is 0 Å². The van der Waals surface area contributed by atoms with Gasteiger partial charge in [0.05, 0.1) is 19.2 Å². The van der Waals surface area contributed by atoms with E-state index in [4.69, 9.17) is 5.73 Å². The molecule has 2 amide bonds. The Bertz CT molecular complexity index is 203. The summed E-state index contributed by atoms with van der Waals surface area (Å²) < 4.78 is 0. The van der Waals surface area contributed by atoms with Crippen molar-refractivity contribution >= 4 is 11.8 Å². The van der Waals surface area contributed by atoms with Crippen LogP contribution in [0.25, 0.3) is 0 Å². The van der Waals surface area contributed by atoms with E-state index in [0.29, 0.717) is 0 Å². The molecule has 1 atom stereocenters. The van der Waals surface area contributed by atoms with E-state index in [1.54, 1.807) is 4.90 Å². The summed E-state index contributed by atoms with van der Waals surface area (Å²) in [7, 11) is 0. The molecular formula is C7H13N3O3. The van der Waals surface area contributed by atoms with Crippen LogP contribution < -0.4 is 11.1 Å². The molecule has 0 saturated carbocycles. The summed E-state index contributed by atoms with van der Waals surface area (Å²) in [6.45, 7) is 0.674. The van der Waals surface area contributed by atoms with Gasteiger partial charge in [0.25, 0.3) is 0 Å². The molecular weight excluding hydrogens is 174 g/mol. The number of hydrogen-bond donors (Lipinski definition) is 3. The van der Waals surface area contributed by atoms with Crippen LogP contribution in [0.3, 0.4) is 0 Å². The van der Waals surface area contributed by atoms with E-state index in [2.05, 4.69) is 5.32 Å². The third-order valence-corrected chi connectivity index (χ3v) is 1.75. The van der Waals surface area contributed by atoms with E-state index < -0.39 is 6.10 Å². The standard InChI is InChI=1S/C7H13N3O3/c8-1-5(11)2-10-3-6(12)9-7(13)4-10/h5,11H,1-4,8H2,(H,9,12,13). The molecule has 0 aromatic rings. The number of imide groups is 1. The average Bonchev–Trinajstić information content (AvgIpc) is 2.02. The van der Waals surface area contributed by atoms with Gasteiger partial charge in [0.15, 0.2) is 0 Å². The van der Waals surface area contributed by atoms with Crippen LogP contribution in [0.1, 0.15) is 0 Å². The van der Waals surface area contributed by atoms with E-state index in [1.807, 2.05) is 0 Å². The fourth-order valence-electron chi connectivity index (χ4n) is 1.20. The third kappa shape index (κ3) is 3.10. The van der Waals surface area contributed by atoms with Crippen LogP contribution >= 0.6 is 0 Å². The Balaban J connectivity index is 2.41. The molecule has 0 spiro atoms. The second-order valence-electron chi connectivity index (χ2n) is 3.03. The van der Waals surface area contributed by atoms with E-state index in [0.717, 1.165) is 0 Å². The number of nitrogens with two attached hydrogens (primary N) is 1. The lowest BCUT2D eigenvalue weighted by atomic mass is 10.3. The predicted molar refractivity (Wildman–Crippen MR) is 44.7 cm³/mol. The topological polar surface area (TPSA) is 95.7 Å². The van der Waals surface area contributed by atoms with Crippen molar-refractivity contribution in [2.75, 3.05) is 26.2 Å². The van der Waals surface area contributed by atoms with Crippen molar-refractivity contribution in [3.8, 4) is 0 Å². The second-order valence-corrected chi connectivity index (χ2v) is 3.03. The summed E-state index contributed by atoms with van der Waals surface area (Å²) in [5, 5.41) is 11.3. The van der Waals surface area contributed by atoms with Crippen molar-refractivity contribution in [1.82, 2.24) is 10.2 Å². The molecule has 1 fully saturated rings. The van der Waals surface area contributed by atoms with Crippen molar-refractivity contribution in [2.24, 2.45) is 5.73 Å². The van der Waals surface area contributed by atoms with Crippen LogP contribution in [0.4, 0.5) is 0 Å². The molecule has 6 heteroatoms. The number of nitrogens with one attached hydrogen (secondary N) is 1. The van der Waals surface area contributed by atoms with Crippen LogP contribution in [-0.2, 0) is 9.59 Å². The number of hydrogen-bond acceptors (Lipinski definition) is 5. The third-order valence-electron chi connectivity index (χ3n) is 1.75. The monoisotopic (exact) mass is 187 g/mol. The van der Waals surface area contributed by atoms with Gasteiger partial charge in [0, 0.05) is 13.1 Å². The van der Waals surface area contributed by atoms with Gasteiger partial charge in [-0.3, -0.25) is 19.8 Å². The Labute approximate surface area is 75.7 Å². The molecule has 13 heavy (non-hydrogen) atoms. The molecule has 0 bridgehead atoms. The minimum Gasteiger partial charge on any atom is -0.390 e. The molecule has 1 aliphatic rings. The van der Waals surface area contributed by atoms with Crippen LogP contribution in [-0.4, -0.2) is 54.1 Å². The Morgan fingerprint density at radius 3 is 2.46 bits per heavy atom. The molecule has 1 unspecified atom stereocenters. The first-order valence-electron chi connectivity index (χ1n) is 4.05. The Kier molecular flexibility index (Phi) is 3.35. The van der Waals surface area contributed by atoms with E-state index in [1.165, 1.54) is 0 Å². The first-order valence-corrected chi connectivity index (χ1v) is 4.05. The lowest BCUT2D eigenvalue weighted by Crippen LogP contribution is -2.53. The van der Waals surface area contributed by atoms with Crippen molar-refractivity contribution in [2.45, 2.75) is 6.10 Å². The van der Waals surface area contributed by atoms with Gasteiger partial charge >= 0.3 is 0 Å². The SMILES string of the molecule is NCC(O)CN1CC(=O)NC(=O)C1. The summed E-state index contributed by atoms with van der Waals surface area (Å²) in [6, 6.07) is 0. The molecule has 0 aromatic carbocycles. The highest BCUT2D eigenvalue weighted by Gasteiger charge is 2.23. The number of aliphatic hydroxyl groups is 1. The molecule has 6 nitrogen and oxygen atoms in total. The Morgan fingerprint density at radius 1 is 1.46 bits per heavy atom. The highest BCUT2D eigenvalue weighted by Crippen LogP contribution is 1.96. The number of carbonyl (C=O) groups is 2. The Morgan fingerprint density at radius 2 is 2.00 bits per heavy atom. The Hall–Kier alpha value is -0.980. The summed E-state index contributed by atoms with van der Waals surface area (Å²) in [4.78, 5) is 23.3. The van der Waals surface area contributed by atoms with Gasteiger partial charge in [-0.1, -0.05) is 0 Å². The fourth-order valence-corrected chi connectivity index (χ4v) is 1.20. The zero-order valence-electron chi connectivity index (χ0n) is 7.19. The normalized spacial score (nSPS) is 21.4. The van der Waals surface area contributed by atoms with Crippen LogP contribution in [0.15, 0.2) is 0 Å². The van der Waals surface area contributed by atoms with Crippen molar-refractivity contribution in [3.63, 3.8) is 0 Å². The van der Waals surface area contributed by atoms with Crippen LogP contribution in [0.2, 0.25) is 0 Å². The molecule has 1 aliphatic heterocycles. The van der Waals surface area contributed by atoms with Gasteiger partial charge in [-0.15, -0.1) is 0 Å². The van der Waals surface area contributed by atoms with Crippen LogP contribution in [0.5, 0.6) is 0 Å². The highest BCUT2D eigenvalue weighted by atomic mass is 16.3. The number of β-amino-alcohol motifs (C(OH)–C–C–N with tert-alkyl or cyclic N) is 1. The average molecular weight is 187 g/mol. The van der Waals surface area contributed by atoms with Gasteiger partial charge < -0.3 is 10.8 Å². The highest BCUT2D eigenvalue weighted by molar-refractivity contribution is 5.99. The summed E-state index contributed by atoms with van der Waals surface area (Å²) in [5.74, 6) is -0.666. The van der Waals surface area contributed by atoms with E-state index >= 15 is 0 Å². The van der Waals surface area contributed by atoms with Crippen molar-refractivity contribution < 1.29 is 14.7 Å². The summed E-state index contributed by atoms with van der Waals surface area (Å²) in [6.07, 6.45) is -0.682. The smallest absolute Gasteiger partial charge is 0.240 e. The molecule has 0 aliphatic carbocycles. The molecule has 74 valence electrons.